The van der Waals surface area contributed by atoms with Crippen LogP contribution in [0.3, 0.4) is 0 Å². The molecule has 0 unspecified atom stereocenters. The van der Waals surface area contributed by atoms with E-state index in [1.165, 1.54) is 7.11 Å². The summed E-state index contributed by atoms with van der Waals surface area (Å²) in [4.78, 5) is 31.7. The summed E-state index contributed by atoms with van der Waals surface area (Å²) in [5, 5.41) is 6.77. The van der Waals surface area contributed by atoms with Gasteiger partial charge in [0, 0.05) is 29.5 Å². The van der Waals surface area contributed by atoms with Crippen LogP contribution < -0.4 is 10.6 Å². The number of rotatable bonds is 7. The third-order valence-electron chi connectivity index (χ3n) is 6.20. The van der Waals surface area contributed by atoms with Gasteiger partial charge in [-0.05, 0) is 66.8 Å². The Labute approximate surface area is 219 Å². The lowest BCUT2D eigenvalue weighted by molar-refractivity contribution is -0.116. The molecule has 0 spiro atoms. The molecule has 2 aromatic heterocycles. The summed E-state index contributed by atoms with van der Waals surface area (Å²) >= 11 is 5.72. The van der Waals surface area contributed by atoms with Crippen molar-refractivity contribution >= 4 is 34.9 Å². The largest absolute Gasteiger partial charge is 0.465 e. The van der Waals surface area contributed by atoms with Crippen LogP contribution in [0.25, 0.3) is 5.69 Å². The minimum absolute atomic E-state index is 0.0438. The van der Waals surface area contributed by atoms with Crippen molar-refractivity contribution in [2.24, 2.45) is 0 Å². The SMILES string of the molecule is COC(=O)c1cccc(-n2cccc2[C@H]2[C@@H](c3ccccn3)NC(=S)N2CC(=O)Nc2ccccc2)c1. The summed E-state index contributed by atoms with van der Waals surface area (Å²) in [5.41, 5.74) is 3.63. The zero-order valence-corrected chi connectivity index (χ0v) is 20.9. The standard InChI is InChI=1S/C28H25N5O3S/c1-36-27(35)19-9-7-12-21(17-19)32-16-8-14-23(32)26-25(22-13-5-6-15-29-22)31-28(37)33(26)18-24(34)30-20-10-3-2-4-11-20/h2-17,25-26H,18H2,1H3,(H,30,34)(H,31,37)/t25-,26+/m1/s1. The number of thiocarbonyl (C=S) groups is 1. The lowest BCUT2D eigenvalue weighted by Crippen LogP contribution is -2.37. The summed E-state index contributed by atoms with van der Waals surface area (Å²) < 4.78 is 6.89. The second kappa shape index (κ2) is 10.6. The number of esters is 1. The van der Waals surface area contributed by atoms with E-state index in [0.29, 0.717) is 16.4 Å². The van der Waals surface area contributed by atoms with E-state index in [4.69, 9.17) is 17.0 Å². The van der Waals surface area contributed by atoms with Gasteiger partial charge in [0.2, 0.25) is 5.91 Å². The van der Waals surface area contributed by atoms with Crippen molar-refractivity contribution < 1.29 is 14.3 Å². The molecule has 0 radical (unpaired) electrons. The van der Waals surface area contributed by atoms with E-state index in [9.17, 15) is 9.59 Å². The van der Waals surface area contributed by atoms with Gasteiger partial charge in [-0.25, -0.2) is 4.79 Å². The van der Waals surface area contributed by atoms with Crippen LogP contribution in [0.2, 0.25) is 0 Å². The van der Waals surface area contributed by atoms with Crippen LogP contribution in [0.15, 0.2) is 97.3 Å². The number of aromatic nitrogens is 2. The molecule has 186 valence electrons. The van der Waals surface area contributed by atoms with Gasteiger partial charge in [-0.1, -0.05) is 30.3 Å². The van der Waals surface area contributed by atoms with Gasteiger partial charge in [-0.3, -0.25) is 9.78 Å². The molecule has 5 rings (SSSR count). The Balaban J connectivity index is 1.52. The highest BCUT2D eigenvalue weighted by molar-refractivity contribution is 7.80. The summed E-state index contributed by atoms with van der Waals surface area (Å²) in [6, 6.07) is 25.5. The molecule has 1 aliphatic heterocycles. The van der Waals surface area contributed by atoms with Crippen LogP contribution in [0.1, 0.15) is 33.8 Å². The maximum absolute atomic E-state index is 13.1. The van der Waals surface area contributed by atoms with Crippen molar-refractivity contribution in [2.75, 3.05) is 19.0 Å². The van der Waals surface area contributed by atoms with E-state index in [1.54, 1.807) is 18.3 Å². The number of amides is 1. The Morgan fingerprint density at radius 3 is 2.59 bits per heavy atom. The van der Waals surface area contributed by atoms with Gasteiger partial charge in [0.1, 0.15) is 6.54 Å². The van der Waals surface area contributed by atoms with Gasteiger partial charge in [0.15, 0.2) is 5.11 Å². The molecule has 9 heteroatoms. The average Bonchev–Trinajstić information content (AvgIpc) is 3.54. The number of nitrogens with one attached hydrogen (secondary N) is 2. The molecule has 1 amide bonds. The predicted molar refractivity (Wildman–Crippen MR) is 144 cm³/mol. The average molecular weight is 512 g/mol. The van der Waals surface area contributed by atoms with Crippen molar-refractivity contribution in [3.63, 3.8) is 0 Å². The third kappa shape index (κ3) is 5.07. The van der Waals surface area contributed by atoms with E-state index >= 15 is 0 Å². The lowest BCUT2D eigenvalue weighted by Gasteiger charge is -2.28. The first-order chi connectivity index (χ1) is 18.0. The number of anilines is 1. The van der Waals surface area contributed by atoms with Crippen LogP contribution in [-0.4, -0.2) is 45.1 Å². The number of benzene rings is 2. The maximum atomic E-state index is 13.1. The molecule has 0 aliphatic carbocycles. The molecule has 4 aromatic rings. The Bertz CT molecular complexity index is 1420. The van der Waals surface area contributed by atoms with Crippen molar-refractivity contribution in [3.8, 4) is 5.69 Å². The van der Waals surface area contributed by atoms with Gasteiger partial charge in [-0.2, -0.15) is 0 Å². The Morgan fingerprint density at radius 1 is 1.03 bits per heavy atom. The summed E-state index contributed by atoms with van der Waals surface area (Å²) in [7, 11) is 1.36. The molecule has 2 atom stereocenters. The minimum Gasteiger partial charge on any atom is -0.465 e. The zero-order chi connectivity index (χ0) is 25.8. The fourth-order valence-corrected chi connectivity index (χ4v) is 4.85. The first-order valence-electron chi connectivity index (χ1n) is 11.7. The quantitative estimate of drug-likeness (QED) is 0.283. The number of hydrogen-bond donors (Lipinski definition) is 2. The van der Waals surface area contributed by atoms with Gasteiger partial charge < -0.3 is 24.8 Å². The Morgan fingerprint density at radius 2 is 1.84 bits per heavy atom. The molecular formula is C28H25N5O3S. The van der Waals surface area contributed by atoms with E-state index in [0.717, 1.165) is 17.1 Å². The molecule has 37 heavy (non-hydrogen) atoms. The molecular weight excluding hydrogens is 486 g/mol. The van der Waals surface area contributed by atoms with E-state index in [2.05, 4.69) is 15.6 Å². The third-order valence-corrected chi connectivity index (χ3v) is 6.55. The first-order valence-corrected chi connectivity index (χ1v) is 12.1. The number of pyridine rings is 1. The highest BCUT2D eigenvalue weighted by atomic mass is 32.1. The van der Waals surface area contributed by atoms with Crippen LogP contribution in [0.5, 0.6) is 0 Å². The second-order valence-corrected chi connectivity index (χ2v) is 8.90. The molecule has 0 bridgehead atoms. The fourth-order valence-electron chi connectivity index (χ4n) is 4.54. The number of nitrogens with zero attached hydrogens (tertiary/aromatic N) is 3. The minimum atomic E-state index is -0.412. The molecule has 0 saturated carbocycles. The highest BCUT2D eigenvalue weighted by Gasteiger charge is 2.42. The molecule has 2 N–H and O–H groups in total. The number of hydrogen-bond acceptors (Lipinski definition) is 5. The van der Waals surface area contributed by atoms with E-state index in [1.807, 2.05) is 88.5 Å². The molecule has 1 fully saturated rings. The van der Waals surface area contributed by atoms with Gasteiger partial charge >= 0.3 is 5.97 Å². The number of ether oxygens (including phenoxy) is 1. The topological polar surface area (TPSA) is 88.5 Å². The fraction of sp³-hybridized carbons (Fsp3) is 0.143. The van der Waals surface area contributed by atoms with Gasteiger partial charge in [0.25, 0.3) is 0 Å². The second-order valence-electron chi connectivity index (χ2n) is 8.51. The molecule has 1 saturated heterocycles. The lowest BCUT2D eigenvalue weighted by atomic mass is 10.0. The highest BCUT2D eigenvalue weighted by Crippen LogP contribution is 2.39. The van der Waals surface area contributed by atoms with Gasteiger partial charge in [-0.15, -0.1) is 0 Å². The normalized spacial score (nSPS) is 16.8. The first kappa shape index (κ1) is 24.2. The van der Waals surface area contributed by atoms with Crippen molar-refractivity contribution in [1.82, 2.24) is 19.8 Å². The number of carbonyl (C=O) groups excluding carboxylic acids is 2. The Kier molecular flexibility index (Phi) is 6.96. The molecule has 1 aliphatic rings. The van der Waals surface area contributed by atoms with Crippen molar-refractivity contribution in [1.29, 1.82) is 0 Å². The summed E-state index contributed by atoms with van der Waals surface area (Å²) in [5.74, 6) is -0.599. The molecule has 3 heterocycles. The maximum Gasteiger partial charge on any atom is 0.337 e. The number of para-hydroxylation sites is 1. The van der Waals surface area contributed by atoms with E-state index in [-0.39, 0.29) is 24.5 Å². The number of methoxy groups -OCH3 is 1. The van der Waals surface area contributed by atoms with Gasteiger partial charge in [0.05, 0.1) is 30.5 Å². The van der Waals surface area contributed by atoms with Crippen LogP contribution >= 0.6 is 12.2 Å². The predicted octanol–water partition coefficient (Wildman–Crippen LogP) is 4.27. The zero-order valence-electron chi connectivity index (χ0n) is 20.1. The number of carbonyl (C=O) groups is 2. The van der Waals surface area contributed by atoms with Crippen LogP contribution in [-0.2, 0) is 9.53 Å². The molecule has 8 nitrogen and oxygen atoms in total. The smallest absolute Gasteiger partial charge is 0.337 e. The Hall–Kier alpha value is -4.50. The summed E-state index contributed by atoms with van der Waals surface area (Å²) in [6.45, 7) is 0.0438. The van der Waals surface area contributed by atoms with Crippen LogP contribution in [0.4, 0.5) is 5.69 Å². The van der Waals surface area contributed by atoms with Crippen molar-refractivity contribution in [2.45, 2.75) is 12.1 Å². The summed E-state index contributed by atoms with van der Waals surface area (Å²) in [6.07, 6.45) is 3.66. The van der Waals surface area contributed by atoms with E-state index < -0.39 is 5.97 Å². The monoisotopic (exact) mass is 511 g/mol. The molecule has 2 aromatic carbocycles. The van der Waals surface area contributed by atoms with Crippen molar-refractivity contribution in [3.05, 3.63) is 114 Å². The van der Waals surface area contributed by atoms with Crippen LogP contribution in [0, 0.1) is 0 Å².